The summed E-state index contributed by atoms with van der Waals surface area (Å²) in [4.78, 5) is 49.7. The van der Waals surface area contributed by atoms with Gasteiger partial charge in [0.2, 0.25) is 18.6 Å². The minimum Gasteiger partial charge on any atom is -0.596 e. The molecule has 0 radical (unpaired) electrons. The average molecular weight is 455 g/mol. The van der Waals surface area contributed by atoms with Crippen molar-refractivity contribution in [1.82, 2.24) is 5.32 Å². The molecule has 1 fully saturated rings. The number of urea groups is 1. The summed E-state index contributed by atoms with van der Waals surface area (Å²) in [5.74, 6) is 3.88. The van der Waals surface area contributed by atoms with Crippen LogP contribution < -0.4 is 22.0 Å². The summed E-state index contributed by atoms with van der Waals surface area (Å²) in [7, 11) is -4.07. The van der Waals surface area contributed by atoms with Crippen LogP contribution in [0.5, 0.6) is 0 Å². The first-order valence-electron chi connectivity index (χ1n) is 8.34. The number of hydrogen-bond donors (Lipinski definition) is 6. The molecular weight excluding hydrogens is 433 g/mol. The van der Waals surface area contributed by atoms with Gasteiger partial charge in [0.1, 0.15) is 24.9 Å². The third-order valence-electron chi connectivity index (χ3n) is 3.99. The Hall–Kier alpha value is -2.11. The van der Waals surface area contributed by atoms with Crippen LogP contribution in [-0.4, -0.2) is 81.0 Å². The quantitative estimate of drug-likeness (QED) is 0.0827. The number of quaternary nitrogens is 2. The van der Waals surface area contributed by atoms with Gasteiger partial charge in [-0.25, -0.2) is 0 Å². The fraction of sp³-hybridized carbons (Fsp3) is 0.538. The van der Waals surface area contributed by atoms with Gasteiger partial charge in [0.25, 0.3) is 6.21 Å². The van der Waals surface area contributed by atoms with E-state index in [0.29, 0.717) is 0 Å². The van der Waals surface area contributed by atoms with Gasteiger partial charge in [-0.15, -0.1) is 4.58 Å². The highest BCUT2D eigenvalue weighted by Crippen LogP contribution is 2.49. The van der Waals surface area contributed by atoms with Crippen LogP contribution in [0.15, 0.2) is 4.99 Å². The van der Waals surface area contributed by atoms with Gasteiger partial charge >= 0.3 is 26.0 Å². The van der Waals surface area contributed by atoms with Gasteiger partial charge in [0.05, 0.1) is 11.4 Å². The lowest BCUT2D eigenvalue weighted by Gasteiger charge is -2.17. The van der Waals surface area contributed by atoms with Crippen LogP contribution in [0.4, 0.5) is 4.79 Å². The van der Waals surface area contributed by atoms with Gasteiger partial charge in [-0.1, -0.05) is 0 Å². The normalized spacial score (nSPS) is 26.6. The van der Waals surface area contributed by atoms with Crippen molar-refractivity contribution in [1.29, 1.82) is 0 Å². The lowest BCUT2D eigenvalue weighted by molar-refractivity contribution is -0.702. The maximum atomic E-state index is 12.2. The molecule has 10 N–H and O–H groups in total. The topological polar surface area (TPSA) is 255 Å². The van der Waals surface area contributed by atoms with Crippen LogP contribution in [0, 0.1) is 6.42 Å². The van der Waals surface area contributed by atoms with E-state index in [1.807, 2.05) is 0 Å². The third-order valence-corrected chi connectivity index (χ3v) is 5.09. The maximum Gasteiger partial charge on any atom is 0.550 e. The Morgan fingerprint density at radius 2 is 2.00 bits per heavy atom. The summed E-state index contributed by atoms with van der Waals surface area (Å²) in [6.45, 7) is -0.545. The highest BCUT2D eigenvalue weighted by molar-refractivity contribution is 7.53. The Bertz CT molecular complexity index is 743. The first-order chi connectivity index (χ1) is 14.1. The number of carbonyl (C=O) groups is 3. The van der Waals surface area contributed by atoms with Gasteiger partial charge in [0.15, 0.2) is 0 Å². The Morgan fingerprint density at radius 1 is 1.33 bits per heavy atom. The van der Waals surface area contributed by atoms with E-state index in [9.17, 15) is 29.5 Å². The molecule has 1 saturated heterocycles. The van der Waals surface area contributed by atoms with Crippen molar-refractivity contribution in [2.45, 2.75) is 37.4 Å². The number of aliphatic hydroxyl groups excluding tert-OH is 2. The van der Waals surface area contributed by atoms with Crippen molar-refractivity contribution in [3.63, 3.8) is 0 Å². The molecule has 2 rings (SSSR count). The molecule has 2 heterocycles. The van der Waals surface area contributed by atoms with E-state index < -0.39 is 63.6 Å². The largest absolute Gasteiger partial charge is 0.596 e. The molecule has 0 spiro atoms. The van der Waals surface area contributed by atoms with Crippen LogP contribution in [-0.2, 0) is 28.1 Å². The summed E-state index contributed by atoms with van der Waals surface area (Å²) >= 11 is 0. The Labute approximate surface area is 169 Å². The number of aliphatic carboxylic acids is 1. The van der Waals surface area contributed by atoms with Crippen molar-refractivity contribution in [2.24, 2.45) is 4.99 Å². The lowest BCUT2D eigenvalue weighted by Crippen LogP contribution is -2.58. The van der Waals surface area contributed by atoms with Crippen molar-refractivity contribution >= 4 is 38.1 Å². The summed E-state index contributed by atoms with van der Waals surface area (Å²) in [5, 5.41) is 31.1. The number of rotatable bonds is 9. The predicted molar refractivity (Wildman–Crippen MR) is 90.0 cm³/mol. The van der Waals surface area contributed by atoms with E-state index in [1.54, 1.807) is 0 Å². The van der Waals surface area contributed by atoms with E-state index >= 15 is 0 Å². The molecule has 0 aliphatic carbocycles. The second-order valence-electron chi connectivity index (χ2n) is 5.99. The number of nitrogens with one attached hydrogen (secondary N) is 1. The molecule has 0 unspecified atom stereocenters. The molecule has 17 heteroatoms. The molecule has 0 aromatic rings. The number of phosphoric acid groups is 1. The number of carbonyl (C=O) groups excluding carboxylic acids is 2. The molecular formula is C13H22N5O11P+4. The fourth-order valence-electron chi connectivity index (χ4n) is 2.48. The second-order valence-corrected chi connectivity index (χ2v) is 7.66. The monoisotopic (exact) mass is 455 g/mol. The van der Waals surface area contributed by atoms with E-state index in [0.717, 1.165) is 10.8 Å². The van der Waals surface area contributed by atoms with Crippen molar-refractivity contribution < 1.29 is 69.5 Å². The first kappa shape index (κ1) is 24.2. The summed E-state index contributed by atoms with van der Waals surface area (Å²) in [6.07, 6.45) is -4.02. The van der Waals surface area contributed by atoms with Gasteiger partial charge in [-0.3, -0.25) is 14.9 Å². The summed E-state index contributed by atoms with van der Waals surface area (Å²) in [5.41, 5.74) is 0. The molecule has 0 saturated carbocycles. The van der Waals surface area contributed by atoms with E-state index in [4.69, 9.17) is 14.4 Å². The number of aliphatic imine (C=N–C) groups is 1. The second kappa shape index (κ2) is 10.3. The van der Waals surface area contributed by atoms with Gasteiger partial charge < -0.3 is 24.9 Å². The van der Waals surface area contributed by atoms with Crippen molar-refractivity contribution in [3.8, 4) is 0 Å². The number of amidine groups is 1. The summed E-state index contributed by atoms with van der Waals surface area (Å²) in [6, 6.07) is -0.934. The number of aliphatic hydroxyl groups is 2. The SMILES string of the molecule is [NH3+]O[P+]([O-])(O[NH3+])OC[C@H]1O[C@@H]([N+]2=C[CH+]C(NC(=O)CCC(=O)O)=NC2=O)[C@H](O)[C@@H]1O. The Balaban J connectivity index is 1.96. The molecule has 16 nitrogen and oxygen atoms in total. The maximum absolute atomic E-state index is 12.2. The van der Waals surface area contributed by atoms with Gasteiger partial charge in [-0.05, 0) is 0 Å². The van der Waals surface area contributed by atoms with E-state index in [1.165, 1.54) is 6.42 Å². The summed E-state index contributed by atoms with van der Waals surface area (Å²) < 4.78 is 19.7. The van der Waals surface area contributed by atoms with Crippen LogP contribution in [0.1, 0.15) is 12.8 Å². The molecule has 4 atom stereocenters. The number of carboxylic acids is 1. The molecule has 166 valence electrons. The fourth-order valence-corrected chi connectivity index (χ4v) is 3.03. The zero-order valence-electron chi connectivity index (χ0n) is 15.4. The highest BCUT2D eigenvalue weighted by Gasteiger charge is 2.53. The minimum absolute atomic E-state index is 0.138. The Morgan fingerprint density at radius 3 is 2.57 bits per heavy atom. The standard InChI is InChI=1S/C13H20N5O11P/c14-28-30(25,29-15)26-5-6-10(22)11(23)12(27-6)18-4-3-7(17-13(18)24)16-8(19)1-2-9(20)21/h3-4,6,10-12,22-23H,1-2,5H2,14-15H3/q+2/p+2/t6-,10-,11-,12-/m1/s1. The molecule has 30 heavy (non-hydrogen) atoms. The smallest absolute Gasteiger partial charge is 0.550 e. The first-order valence-corrected chi connectivity index (χ1v) is 9.81. The molecule has 0 bridgehead atoms. The predicted octanol–water partition coefficient (Wildman–Crippen LogP) is -5.36. The molecule has 0 aromatic carbocycles. The number of amides is 3. The molecule has 2 aliphatic rings. The molecule has 0 aromatic heterocycles. The van der Waals surface area contributed by atoms with E-state index in [-0.39, 0.29) is 12.3 Å². The van der Waals surface area contributed by atoms with Crippen molar-refractivity contribution in [2.75, 3.05) is 6.61 Å². The number of ether oxygens (including phenoxy) is 1. The molecule has 2 aliphatic heterocycles. The number of hydrogen-bond acceptors (Lipinski definition) is 10. The third kappa shape index (κ3) is 5.96. The van der Waals surface area contributed by atoms with E-state index in [2.05, 4.69) is 31.4 Å². The lowest BCUT2D eigenvalue weighted by atomic mass is 10.1. The zero-order valence-corrected chi connectivity index (χ0v) is 16.3. The van der Waals surface area contributed by atoms with Crippen molar-refractivity contribution in [3.05, 3.63) is 6.42 Å². The number of nitrogens with zero attached hydrogens (tertiary/aromatic N) is 2. The van der Waals surface area contributed by atoms with Crippen LogP contribution in [0.3, 0.4) is 0 Å². The minimum atomic E-state index is -4.07. The van der Waals surface area contributed by atoms with Gasteiger partial charge in [-0.2, -0.15) is 21.1 Å². The number of carboxylic acid groups (broad SMARTS) is 1. The highest BCUT2D eigenvalue weighted by atomic mass is 31.2. The Kier molecular flexibility index (Phi) is 8.27. The average Bonchev–Trinajstić information content (AvgIpc) is 2.99. The zero-order chi connectivity index (χ0) is 22.5. The van der Waals surface area contributed by atoms with Crippen LogP contribution in [0.2, 0.25) is 0 Å². The van der Waals surface area contributed by atoms with Gasteiger partial charge in [0, 0.05) is 15.7 Å². The molecule has 3 amide bonds. The van der Waals surface area contributed by atoms with Crippen LogP contribution >= 0.6 is 8.17 Å². The van der Waals surface area contributed by atoms with Crippen LogP contribution in [0.25, 0.3) is 0 Å².